The summed E-state index contributed by atoms with van der Waals surface area (Å²) in [6.45, 7) is 7.71. The zero-order valence-electron chi connectivity index (χ0n) is 20.6. The molecule has 0 aliphatic carbocycles. The minimum absolute atomic E-state index is 0.0782. The number of aryl methyl sites for hydroxylation is 1. The van der Waals surface area contributed by atoms with Crippen molar-refractivity contribution in [2.45, 2.75) is 39.7 Å². The molecule has 1 amide bonds. The Kier molecular flexibility index (Phi) is 6.49. The van der Waals surface area contributed by atoms with Gasteiger partial charge in [-0.3, -0.25) is 4.79 Å². The molecular formula is C30H32N2O3. The average Bonchev–Trinajstić information content (AvgIpc) is 3.25. The van der Waals surface area contributed by atoms with Crippen LogP contribution in [0.15, 0.2) is 66.7 Å². The number of carbonyl (C=O) groups is 1. The molecule has 1 atom stereocenters. The summed E-state index contributed by atoms with van der Waals surface area (Å²) in [6, 6.07) is 22.6. The first-order valence-electron chi connectivity index (χ1n) is 12.4. The minimum Gasteiger partial charge on any atom is -0.490 e. The molecule has 5 rings (SSSR count). The summed E-state index contributed by atoms with van der Waals surface area (Å²) in [5.74, 6) is 1.43. The molecule has 0 radical (unpaired) electrons. The second kappa shape index (κ2) is 9.87. The number of rotatable bonds is 7. The molecule has 0 unspecified atom stereocenters. The highest BCUT2D eigenvalue weighted by molar-refractivity contribution is 5.87. The van der Waals surface area contributed by atoms with Gasteiger partial charge >= 0.3 is 0 Å². The van der Waals surface area contributed by atoms with E-state index in [1.807, 2.05) is 36.9 Å². The van der Waals surface area contributed by atoms with Gasteiger partial charge in [-0.15, -0.1) is 0 Å². The van der Waals surface area contributed by atoms with Gasteiger partial charge in [0.2, 0.25) is 5.91 Å². The lowest BCUT2D eigenvalue weighted by molar-refractivity contribution is -0.132. The van der Waals surface area contributed by atoms with Crippen molar-refractivity contribution in [1.29, 1.82) is 0 Å². The number of H-pyrrole nitrogens is 1. The predicted molar refractivity (Wildman–Crippen MR) is 139 cm³/mol. The van der Waals surface area contributed by atoms with Crippen LogP contribution in [-0.2, 0) is 17.6 Å². The van der Waals surface area contributed by atoms with Crippen LogP contribution < -0.4 is 9.47 Å². The Hall–Kier alpha value is -3.73. The number of para-hydroxylation sites is 2. The van der Waals surface area contributed by atoms with Crippen LogP contribution in [0.25, 0.3) is 10.9 Å². The summed E-state index contributed by atoms with van der Waals surface area (Å²) in [6.07, 6.45) is 1.08. The molecule has 1 aliphatic rings. The summed E-state index contributed by atoms with van der Waals surface area (Å²) in [5, 5.41) is 1.25. The van der Waals surface area contributed by atoms with E-state index in [4.69, 9.17) is 9.47 Å². The average molecular weight is 469 g/mol. The van der Waals surface area contributed by atoms with Crippen LogP contribution in [0.2, 0.25) is 0 Å². The summed E-state index contributed by atoms with van der Waals surface area (Å²) in [5.41, 5.74) is 6.71. The first kappa shape index (κ1) is 23.0. The van der Waals surface area contributed by atoms with Gasteiger partial charge in [-0.05, 0) is 50.5 Å². The van der Waals surface area contributed by atoms with E-state index in [9.17, 15) is 4.79 Å². The zero-order chi connectivity index (χ0) is 24.4. The lowest BCUT2D eigenvalue weighted by Gasteiger charge is -2.36. The van der Waals surface area contributed by atoms with Gasteiger partial charge in [-0.25, -0.2) is 0 Å². The van der Waals surface area contributed by atoms with E-state index in [1.54, 1.807) is 0 Å². The van der Waals surface area contributed by atoms with Gasteiger partial charge in [0, 0.05) is 28.7 Å². The van der Waals surface area contributed by atoms with E-state index >= 15 is 0 Å². The number of aromatic nitrogens is 1. The maximum atomic E-state index is 13.9. The molecule has 35 heavy (non-hydrogen) atoms. The molecule has 4 aromatic rings. The maximum absolute atomic E-state index is 13.9. The molecule has 0 fully saturated rings. The number of carbonyl (C=O) groups excluding carboxylic acids is 1. The minimum atomic E-state index is -0.162. The van der Waals surface area contributed by atoms with Gasteiger partial charge in [-0.1, -0.05) is 60.2 Å². The Morgan fingerprint density at radius 2 is 1.74 bits per heavy atom. The summed E-state index contributed by atoms with van der Waals surface area (Å²) >= 11 is 0. The number of amides is 1. The third kappa shape index (κ3) is 4.39. The van der Waals surface area contributed by atoms with Gasteiger partial charge in [0.15, 0.2) is 11.5 Å². The van der Waals surface area contributed by atoms with Crippen LogP contribution >= 0.6 is 0 Å². The lowest BCUT2D eigenvalue weighted by Crippen LogP contribution is -2.41. The molecule has 1 aromatic heterocycles. The lowest BCUT2D eigenvalue weighted by atomic mass is 9.91. The molecule has 5 heteroatoms. The standard InChI is InChI=1S/C30H32N2O3/c1-4-34-26-12-8-9-22(30(26)35-5-2)19-27(33)32-18-17-24-23-10-6-7-11-25(23)31-28(24)29(32)21-15-13-20(3)14-16-21/h6-16,29,31H,4-5,17-19H2,1-3H3/t29-/m0/s1. The molecule has 0 bridgehead atoms. The molecule has 180 valence electrons. The Morgan fingerprint density at radius 1 is 0.971 bits per heavy atom. The third-order valence-corrected chi connectivity index (χ3v) is 6.74. The Morgan fingerprint density at radius 3 is 2.51 bits per heavy atom. The molecule has 0 saturated heterocycles. The van der Waals surface area contributed by atoms with Crippen molar-refractivity contribution in [2.75, 3.05) is 19.8 Å². The number of hydrogen-bond donors (Lipinski definition) is 1. The van der Waals surface area contributed by atoms with Crippen molar-refractivity contribution in [3.05, 3.63) is 94.7 Å². The monoisotopic (exact) mass is 468 g/mol. The SMILES string of the molecule is CCOc1cccc(CC(=O)N2CCc3c([nH]c4ccccc34)[C@@H]2c2ccc(C)cc2)c1OCC. The zero-order valence-corrected chi connectivity index (χ0v) is 20.6. The molecule has 3 aromatic carbocycles. The fraction of sp³-hybridized carbons (Fsp3) is 0.300. The number of benzene rings is 3. The van der Waals surface area contributed by atoms with Gasteiger partial charge in [0.25, 0.3) is 0 Å². The van der Waals surface area contributed by atoms with E-state index in [2.05, 4.69) is 60.4 Å². The Labute approximate surface area is 206 Å². The van der Waals surface area contributed by atoms with Crippen molar-refractivity contribution < 1.29 is 14.3 Å². The van der Waals surface area contributed by atoms with Crippen molar-refractivity contribution in [1.82, 2.24) is 9.88 Å². The molecule has 2 heterocycles. The van der Waals surface area contributed by atoms with Crippen LogP contribution in [0.3, 0.4) is 0 Å². The first-order chi connectivity index (χ1) is 17.1. The van der Waals surface area contributed by atoms with E-state index in [-0.39, 0.29) is 18.4 Å². The smallest absolute Gasteiger partial charge is 0.227 e. The second-order valence-electron chi connectivity index (χ2n) is 9.00. The molecule has 1 N–H and O–H groups in total. The van der Waals surface area contributed by atoms with Gasteiger partial charge in [-0.2, -0.15) is 0 Å². The van der Waals surface area contributed by atoms with Crippen LogP contribution in [-0.4, -0.2) is 35.5 Å². The topological polar surface area (TPSA) is 54.6 Å². The van der Waals surface area contributed by atoms with Crippen LogP contribution in [0, 0.1) is 6.92 Å². The van der Waals surface area contributed by atoms with Gasteiger partial charge in [0.1, 0.15) is 0 Å². The van der Waals surface area contributed by atoms with E-state index < -0.39 is 0 Å². The Bertz CT molecular complexity index is 1340. The van der Waals surface area contributed by atoms with Crippen LogP contribution in [0.5, 0.6) is 11.5 Å². The maximum Gasteiger partial charge on any atom is 0.227 e. The number of nitrogens with zero attached hydrogens (tertiary/aromatic N) is 1. The van der Waals surface area contributed by atoms with Crippen molar-refractivity contribution >= 4 is 16.8 Å². The molecule has 1 aliphatic heterocycles. The number of aromatic amines is 1. The largest absolute Gasteiger partial charge is 0.490 e. The van der Waals surface area contributed by atoms with Gasteiger partial charge < -0.3 is 19.4 Å². The highest BCUT2D eigenvalue weighted by atomic mass is 16.5. The number of fused-ring (bicyclic) bond motifs is 3. The summed E-state index contributed by atoms with van der Waals surface area (Å²) in [7, 11) is 0. The van der Waals surface area contributed by atoms with Crippen molar-refractivity contribution in [3.63, 3.8) is 0 Å². The predicted octanol–water partition coefficient (Wildman–Crippen LogP) is 5.99. The second-order valence-corrected chi connectivity index (χ2v) is 9.00. The molecule has 0 spiro atoms. The summed E-state index contributed by atoms with van der Waals surface area (Å²) < 4.78 is 11.7. The first-order valence-corrected chi connectivity index (χ1v) is 12.4. The van der Waals surface area contributed by atoms with Crippen LogP contribution in [0.1, 0.15) is 47.8 Å². The third-order valence-electron chi connectivity index (χ3n) is 6.74. The number of nitrogens with one attached hydrogen (secondary N) is 1. The Balaban J connectivity index is 1.54. The quantitative estimate of drug-likeness (QED) is 0.362. The highest BCUT2D eigenvalue weighted by Gasteiger charge is 2.34. The fourth-order valence-electron chi connectivity index (χ4n) is 5.15. The normalized spacial score (nSPS) is 15.2. The number of ether oxygens (including phenoxy) is 2. The molecular weight excluding hydrogens is 436 g/mol. The van der Waals surface area contributed by atoms with E-state index in [0.717, 1.165) is 28.8 Å². The van der Waals surface area contributed by atoms with Gasteiger partial charge in [0.05, 0.1) is 25.7 Å². The van der Waals surface area contributed by atoms with E-state index in [0.29, 0.717) is 31.3 Å². The number of hydrogen-bond acceptors (Lipinski definition) is 3. The highest BCUT2D eigenvalue weighted by Crippen LogP contribution is 2.39. The van der Waals surface area contributed by atoms with Crippen molar-refractivity contribution in [3.8, 4) is 11.5 Å². The molecule has 5 nitrogen and oxygen atoms in total. The fourth-order valence-corrected chi connectivity index (χ4v) is 5.15. The van der Waals surface area contributed by atoms with Crippen molar-refractivity contribution in [2.24, 2.45) is 0 Å². The van der Waals surface area contributed by atoms with Crippen LogP contribution in [0.4, 0.5) is 0 Å². The summed E-state index contributed by atoms with van der Waals surface area (Å²) in [4.78, 5) is 19.6. The van der Waals surface area contributed by atoms with E-state index in [1.165, 1.54) is 16.5 Å². The molecule has 0 saturated carbocycles.